The Morgan fingerprint density at radius 1 is 1.27 bits per heavy atom. The van der Waals surface area contributed by atoms with E-state index in [0.717, 1.165) is 38.0 Å². The van der Waals surface area contributed by atoms with Gasteiger partial charge >= 0.3 is 6.16 Å². The summed E-state index contributed by atoms with van der Waals surface area (Å²) >= 11 is 0. The quantitative estimate of drug-likeness (QED) is 0.857. The summed E-state index contributed by atoms with van der Waals surface area (Å²) in [6, 6.07) is 10.2. The number of ether oxygens (including phenoxy) is 1. The highest BCUT2D eigenvalue weighted by molar-refractivity contribution is 5.60. The van der Waals surface area contributed by atoms with Gasteiger partial charge in [0.2, 0.25) is 0 Å². The Morgan fingerprint density at radius 2 is 2.00 bits per heavy atom. The van der Waals surface area contributed by atoms with Crippen LogP contribution in [0, 0.1) is 0 Å². The number of anilines is 1. The van der Waals surface area contributed by atoms with Gasteiger partial charge in [-0.05, 0) is 45.7 Å². The summed E-state index contributed by atoms with van der Waals surface area (Å²) in [4.78, 5) is 17.2. The van der Waals surface area contributed by atoms with Crippen LogP contribution >= 0.6 is 0 Å². The van der Waals surface area contributed by atoms with Gasteiger partial charge in [-0.1, -0.05) is 24.6 Å². The summed E-state index contributed by atoms with van der Waals surface area (Å²) in [5, 5.41) is 5.15. The molecule has 0 bridgehead atoms. The number of nitrogens with one attached hydrogen (secondary N) is 1. The van der Waals surface area contributed by atoms with Crippen LogP contribution in [0.25, 0.3) is 0 Å². The van der Waals surface area contributed by atoms with Crippen LogP contribution in [0.4, 0.5) is 10.5 Å². The second-order valence-electron chi connectivity index (χ2n) is 6.59. The molecule has 1 fully saturated rings. The summed E-state index contributed by atoms with van der Waals surface area (Å²) in [6.07, 6.45) is 2.56. The Balaban J connectivity index is 1.86. The lowest BCUT2D eigenvalue weighted by Crippen LogP contribution is -2.45. The van der Waals surface area contributed by atoms with Gasteiger partial charge in [-0.15, -0.1) is 5.06 Å². The number of hydrogen-bond acceptors (Lipinski definition) is 5. The van der Waals surface area contributed by atoms with Crippen LogP contribution in [-0.4, -0.2) is 36.0 Å². The van der Waals surface area contributed by atoms with E-state index >= 15 is 0 Å². The van der Waals surface area contributed by atoms with E-state index in [1.54, 1.807) is 5.06 Å². The van der Waals surface area contributed by atoms with Crippen molar-refractivity contribution < 1.29 is 14.4 Å². The minimum Gasteiger partial charge on any atom is -0.427 e. The Hall–Kier alpha value is -1.75. The van der Waals surface area contributed by atoms with E-state index in [1.165, 1.54) is 0 Å². The molecule has 1 atom stereocenters. The van der Waals surface area contributed by atoms with Crippen molar-refractivity contribution in [3.8, 4) is 0 Å². The predicted octanol–water partition coefficient (Wildman–Crippen LogP) is 3.82. The first-order chi connectivity index (χ1) is 10.4. The van der Waals surface area contributed by atoms with Gasteiger partial charge in [-0.25, -0.2) is 4.79 Å². The molecule has 0 spiro atoms. The molecule has 1 heterocycles. The monoisotopic (exact) mass is 306 g/mol. The second kappa shape index (κ2) is 7.49. The van der Waals surface area contributed by atoms with E-state index in [2.05, 4.69) is 5.32 Å². The molecule has 1 aliphatic rings. The number of hydroxylamine groups is 2. The number of carbonyl (C=O) groups excluding carboxylic acids is 1. The van der Waals surface area contributed by atoms with E-state index < -0.39 is 11.8 Å². The van der Waals surface area contributed by atoms with Crippen LogP contribution in [0.5, 0.6) is 0 Å². The predicted molar refractivity (Wildman–Crippen MR) is 86.6 cm³/mol. The average Bonchev–Trinajstić information content (AvgIpc) is 2.45. The minimum atomic E-state index is -0.626. The third-order valence-electron chi connectivity index (χ3n) is 3.47. The molecule has 122 valence electrons. The van der Waals surface area contributed by atoms with E-state index in [9.17, 15) is 4.79 Å². The lowest BCUT2D eigenvalue weighted by Gasteiger charge is -2.34. The highest BCUT2D eigenvalue weighted by Gasteiger charge is 2.28. The zero-order chi connectivity index (χ0) is 16.0. The van der Waals surface area contributed by atoms with Gasteiger partial charge < -0.3 is 14.9 Å². The molecule has 22 heavy (non-hydrogen) atoms. The molecule has 0 aliphatic carbocycles. The second-order valence-corrected chi connectivity index (χ2v) is 6.59. The van der Waals surface area contributed by atoms with Crippen molar-refractivity contribution in [2.45, 2.75) is 51.7 Å². The van der Waals surface area contributed by atoms with Crippen molar-refractivity contribution in [2.75, 3.05) is 18.4 Å². The van der Waals surface area contributed by atoms with E-state index in [0.29, 0.717) is 0 Å². The zero-order valence-electron chi connectivity index (χ0n) is 13.7. The van der Waals surface area contributed by atoms with Crippen LogP contribution in [0.15, 0.2) is 30.3 Å². The summed E-state index contributed by atoms with van der Waals surface area (Å²) < 4.78 is 5.23. The molecule has 0 radical (unpaired) electrons. The molecule has 0 saturated carbocycles. The van der Waals surface area contributed by atoms with Crippen molar-refractivity contribution in [3.05, 3.63) is 30.3 Å². The summed E-state index contributed by atoms with van der Waals surface area (Å²) in [5.41, 5.74) is 0.537. The standard InChI is InChI=1S/C17H26N2O3/c1-17(2,3)21-16(20)22-19-12-8-7-11-15(19)13-18-14-9-5-4-6-10-14/h4-6,9-10,15,18H,7-8,11-13H2,1-3H3. The van der Waals surface area contributed by atoms with E-state index in [-0.39, 0.29) is 6.04 Å². The van der Waals surface area contributed by atoms with Crippen molar-refractivity contribution >= 4 is 11.8 Å². The maximum Gasteiger partial charge on any atom is 0.528 e. The minimum absolute atomic E-state index is 0.168. The van der Waals surface area contributed by atoms with Crippen LogP contribution in [-0.2, 0) is 9.57 Å². The number of para-hydroxylation sites is 1. The van der Waals surface area contributed by atoms with Crippen molar-refractivity contribution in [1.29, 1.82) is 0 Å². The third-order valence-corrected chi connectivity index (χ3v) is 3.47. The summed E-state index contributed by atoms with van der Waals surface area (Å²) in [7, 11) is 0. The molecule has 1 N–H and O–H groups in total. The number of piperidine rings is 1. The van der Waals surface area contributed by atoms with Gasteiger partial charge in [0.05, 0.1) is 6.04 Å². The first kappa shape index (κ1) is 16.6. The molecule has 1 saturated heterocycles. The van der Waals surface area contributed by atoms with Crippen molar-refractivity contribution in [2.24, 2.45) is 0 Å². The van der Waals surface area contributed by atoms with Crippen LogP contribution in [0.1, 0.15) is 40.0 Å². The van der Waals surface area contributed by atoms with E-state index in [4.69, 9.17) is 9.57 Å². The van der Waals surface area contributed by atoms with Gasteiger partial charge in [0, 0.05) is 18.8 Å². The molecule has 0 amide bonds. The normalized spacial score (nSPS) is 19.5. The van der Waals surface area contributed by atoms with Crippen LogP contribution in [0.2, 0.25) is 0 Å². The lowest BCUT2D eigenvalue weighted by molar-refractivity contribution is -0.173. The molecular formula is C17H26N2O3. The first-order valence-electron chi connectivity index (χ1n) is 7.90. The number of hydrogen-bond donors (Lipinski definition) is 1. The molecule has 1 aromatic rings. The highest BCUT2D eigenvalue weighted by atomic mass is 16.8. The van der Waals surface area contributed by atoms with Gasteiger partial charge in [0.15, 0.2) is 0 Å². The topological polar surface area (TPSA) is 50.8 Å². The maximum absolute atomic E-state index is 11.8. The fourth-order valence-corrected chi connectivity index (χ4v) is 2.45. The van der Waals surface area contributed by atoms with E-state index in [1.807, 2.05) is 51.1 Å². The van der Waals surface area contributed by atoms with Crippen LogP contribution in [0.3, 0.4) is 0 Å². The largest absolute Gasteiger partial charge is 0.528 e. The third kappa shape index (κ3) is 5.56. The van der Waals surface area contributed by atoms with Crippen LogP contribution < -0.4 is 5.32 Å². The fourth-order valence-electron chi connectivity index (χ4n) is 2.45. The number of carbonyl (C=O) groups is 1. The van der Waals surface area contributed by atoms with Gasteiger partial charge in [-0.2, -0.15) is 0 Å². The maximum atomic E-state index is 11.8. The Kier molecular flexibility index (Phi) is 5.66. The Labute approximate surface area is 132 Å². The SMILES string of the molecule is CC(C)(C)OC(=O)ON1CCCCC1CNc1ccccc1. The fraction of sp³-hybridized carbons (Fsp3) is 0.588. The van der Waals surface area contributed by atoms with Crippen molar-refractivity contribution in [1.82, 2.24) is 5.06 Å². The molecule has 0 aromatic heterocycles. The molecule has 1 aromatic carbocycles. The summed E-state index contributed by atoms with van der Waals surface area (Å²) in [5.74, 6) is 0. The highest BCUT2D eigenvalue weighted by Crippen LogP contribution is 2.19. The van der Waals surface area contributed by atoms with Gasteiger partial charge in [0.1, 0.15) is 5.60 Å². The number of nitrogens with zero attached hydrogens (tertiary/aromatic N) is 1. The lowest BCUT2D eigenvalue weighted by atomic mass is 10.0. The molecule has 2 rings (SSSR count). The zero-order valence-corrected chi connectivity index (χ0v) is 13.7. The molecular weight excluding hydrogens is 280 g/mol. The first-order valence-corrected chi connectivity index (χ1v) is 7.90. The average molecular weight is 306 g/mol. The van der Waals surface area contributed by atoms with Crippen molar-refractivity contribution in [3.63, 3.8) is 0 Å². The smallest absolute Gasteiger partial charge is 0.427 e. The number of rotatable bonds is 4. The van der Waals surface area contributed by atoms with Gasteiger partial charge in [-0.3, -0.25) is 0 Å². The Morgan fingerprint density at radius 3 is 2.68 bits per heavy atom. The number of benzene rings is 1. The molecule has 5 nitrogen and oxygen atoms in total. The molecule has 5 heteroatoms. The summed E-state index contributed by atoms with van der Waals surface area (Å²) in [6.45, 7) is 6.99. The Bertz CT molecular complexity index is 471. The van der Waals surface area contributed by atoms with Gasteiger partial charge in [0.25, 0.3) is 0 Å². The molecule has 1 unspecified atom stereocenters. The molecule has 1 aliphatic heterocycles.